The van der Waals surface area contributed by atoms with Crippen LogP contribution in [0.3, 0.4) is 0 Å². The van der Waals surface area contributed by atoms with Crippen molar-refractivity contribution in [3.05, 3.63) is 76.2 Å². The first-order chi connectivity index (χ1) is 13.5. The second kappa shape index (κ2) is 9.15. The number of esters is 1. The van der Waals surface area contributed by atoms with E-state index in [1.165, 1.54) is 17.3 Å². The predicted molar refractivity (Wildman–Crippen MR) is 109 cm³/mol. The van der Waals surface area contributed by atoms with E-state index in [1.54, 1.807) is 24.3 Å². The third-order valence-electron chi connectivity index (χ3n) is 4.83. The summed E-state index contributed by atoms with van der Waals surface area (Å²) < 4.78 is 12.0. The molecule has 0 aromatic heterocycles. The molecule has 2 aromatic carbocycles. The summed E-state index contributed by atoms with van der Waals surface area (Å²) >= 11 is 1.51. The molecule has 0 amide bonds. The van der Waals surface area contributed by atoms with Crippen molar-refractivity contribution in [2.24, 2.45) is 11.0 Å². The lowest BCUT2D eigenvalue weighted by molar-refractivity contribution is 0.0144. The zero-order valence-electron chi connectivity index (χ0n) is 16.1. The van der Waals surface area contributed by atoms with E-state index in [0.717, 1.165) is 4.90 Å². The van der Waals surface area contributed by atoms with Gasteiger partial charge >= 0.3 is 5.97 Å². The van der Waals surface area contributed by atoms with Crippen molar-refractivity contribution in [2.45, 2.75) is 49.4 Å². The minimum Gasteiger partial charge on any atom is -0.455 e. The van der Waals surface area contributed by atoms with Crippen LogP contribution in [0.1, 0.15) is 29.8 Å². The molecular formula is C21H23N3O3S. The summed E-state index contributed by atoms with van der Waals surface area (Å²) in [6, 6.07) is 16.7. The zero-order valence-corrected chi connectivity index (χ0v) is 16.9. The Balaban J connectivity index is 1.81. The highest BCUT2D eigenvalue weighted by Crippen LogP contribution is 2.40. The molecule has 1 aliphatic rings. The summed E-state index contributed by atoms with van der Waals surface area (Å²) in [7, 11) is 0. The van der Waals surface area contributed by atoms with Crippen LogP contribution in [0.25, 0.3) is 10.4 Å². The molecule has 2 aromatic rings. The van der Waals surface area contributed by atoms with E-state index < -0.39 is 6.10 Å². The Kier molecular flexibility index (Phi) is 6.62. The fourth-order valence-electron chi connectivity index (χ4n) is 3.27. The van der Waals surface area contributed by atoms with Gasteiger partial charge < -0.3 is 9.47 Å². The summed E-state index contributed by atoms with van der Waals surface area (Å²) in [4.78, 5) is 16.5. The first kappa shape index (κ1) is 20.3. The maximum atomic E-state index is 12.6. The highest BCUT2D eigenvalue weighted by molar-refractivity contribution is 7.99. The van der Waals surface area contributed by atoms with E-state index >= 15 is 0 Å². The monoisotopic (exact) mass is 397 g/mol. The largest absolute Gasteiger partial charge is 0.455 e. The number of aryl methyl sites for hydroxylation is 1. The molecule has 0 aliphatic carbocycles. The van der Waals surface area contributed by atoms with Gasteiger partial charge in [-0.3, -0.25) is 0 Å². The molecule has 1 aliphatic heterocycles. The Morgan fingerprint density at radius 3 is 2.54 bits per heavy atom. The van der Waals surface area contributed by atoms with Gasteiger partial charge in [-0.1, -0.05) is 66.6 Å². The SMILES string of the molecule is Cc1ccc(S[C@@H]2O[C@H](C(C)N=[N+]=[N-])[C@H](C)C2OC(=O)c2ccccc2)cc1. The highest BCUT2D eigenvalue weighted by atomic mass is 32.2. The molecule has 1 heterocycles. The topological polar surface area (TPSA) is 84.3 Å². The molecule has 28 heavy (non-hydrogen) atoms. The molecule has 146 valence electrons. The number of carbonyl (C=O) groups is 1. The number of ether oxygens (including phenoxy) is 2. The average Bonchev–Trinajstić information content (AvgIpc) is 3.00. The van der Waals surface area contributed by atoms with E-state index in [1.807, 2.05) is 51.1 Å². The summed E-state index contributed by atoms with van der Waals surface area (Å²) in [5.41, 5.74) is 10.1. The van der Waals surface area contributed by atoms with E-state index in [-0.39, 0.29) is 29.5 Å². The average molecular weight is 398 g/mol. The lowest BCUT2D eigenvalue weighted by atomic mass is 9.97. The zero-order chi connectivity index (χ0) is 20.1. The van der Waals surface area contributed by atoms with Crippen LogP contribution in [-0.4, -0.2) is 29.7 Å². The molecule has 0 saturated carbocycles. The van der Waals surface area contributed by atoms with Crippen molar-refractivity contribution >= 4 is 17.7 Å². The quantitative estimate of drug-likeness (QED) is 0.284. The number of rotatable bonds is 6. The summed E-state index contributed by atoms with van der Waals surface area (Å²) in [5, 5.41) is 3.79. The van der Waals surface area contributed by atoms with Gasteiger partial charge in [0.15, 0.2) is 0 Å². The molecule has 7 heteroatoms. The van der Waals surface area contributed by atoms with E-state index in [0.29, 0.717) is 5.56 Å². The van der Waals surface area contributed by atoms with Crippen LogP contribution in [0.15, 0.2) is 64.6 Å². The maximum Gasteiger partial charge on any atom is 0.338 e. The van der Waals surface area contributed by atoms with Crippen molar-refractivity contribution in [3.8, 4) is 0 Å². The van der Waals surface area contributed by atoms with Crippen LogP contribution >= 0.6 is 11.8 Å². The Morgan fingerprint density at radius 1 is 1.21 bits per heavy atom. The van der Waals surface area contributed by atoms with Gasteiger partial charge in [-0.2, -0.15) is 0 Å². The fraction of sp³-hybridized carbons (Fsp3) is 0.381. The third kappa shape index (κ3) is 4.68. The summed E-state index contributed by atoms with van der Waals surface area (Å²) in [5.74, 6) is -0.497. The number of nitrogens with zero attached hydrogens (tertiary/aromatic N) is 3. The second-order valence-corrected chi connectivity index (χ2v) is 8.11. The highest BCUT2D eigenvalue weighted by Gasteiger charge is 2.46. The van der Waals surface area contributed by atoms with Gasteiger partial charge in [0.25, 0.3) is 0 Å². The molecule has 6 nitrogen and oxygen atoms in total. The van der Waals surface area contributed by atoms with Crippen molar-refractivity contribution in [1.29, 1.82) is 0 Å². The number of carbonyl (C=O) groups excluding carboxylic acids is 1. The molecule has 0 radical (unpaired) electrons. The molecule has 0 spiro atoms. The first-order valence-electron chi connectivity index (χ1n) is 9.18. The lowest BCUT2D eigenvalue weighted by Gasteiger charge is -2.22. The minimum atomic E-state index is -0.458. The van der Waals surface area contributed by atoms with Gasteiger partial charge in [-0.15, -0.1) is 0 Å². The standard InChI is InChI=1S/C21H23N3O3S/c1-13-9-11-17(12-10-13)28-21-19(14(2)18(27-21)15(3)23-24-22)26-20(25)16-7-5-4-6-8-16/h4-12,14-15,18-19,21H,1-3H3/t14-,15?,18-,19?,21-/m0/s1. The first-order valence-corrected chi connectivity index (χ1v) is 10.1. The van der Waals surface area contributed by atoms with Crippen LogP contribution < -0.4 is 0 Å². The third-order valence-corrected chi connectivity index (χ3v) is 5.99. The van der Waals surface area contributed by atoms with E-state index in [2.05, 4.69) is 10.0 Å². The maximum absolute atomic E-state index is 12.6. The van der Waals surface area contributed by atoms with Crippen LogP contribution in [0.5, 0.6) is 0 Å². The van der Waals surface area contributed by atoms with Gasteiger partial charge in [0, 0.05) is 15.7 Å². The summed E-state index contributed by atoms with van der Waals surface area (Å²) in [6.07, 6.45) is -0.784. The van der Waals surface area contributed by atoms with Gasteiger partial charge in [-0.05, 0) is 36.7 Å². The number of hydrogen-bond donors (Lipinski definition) is 0. The Bertz CT molecular complexity index is 853. The normalized spacial score (nSPS) is 25.0. The molecule has 5 atom stereocenters. The molecule has 3 rings (SSSR count). The van der Waals surface area contributed by atoms with Crippen LogP contribution in [0.4, 0.5) is 0 Å². The molecule has 1 fully saturated rings. The number of benzene rings is 2. The fourth-order valence-corrected chi connectivity index (χ4v) is 4.45. The Labute approximate surface area is 168 Å². The minimum absolute atomic E-state index is 0.115. The van der Waals surface area contributed by atoms with Gasteiger partial charge in [0.2, 0.25) is 0 Å². The summed E-state index contributed by atoms with van der Waals surface area (Å²) in [6.45, 7) is 5.81. The van der Waals surface area contributed by atoms with Gasteiger partial charge in [0.05, 0.1) is 17.7 Å². The Morgan fingerprint density at radius 2 is 1.89 bits per heavy atom. The van der Waals surface area contributed by atoms with Crippen LogP contribution in [0, 0.1) is 12.8 Å². The van der Waals surface area contributed by atoms with Crippen LogP contribution in [-0.2, 0) is 9.47 Å². The van der Waals surface area contributed by atoms with Crippen LogP contribution in [0.2, 0.25) is 0 Å². The predicted octanol–water partition coefficient (Wildman–Crippen LogP) is 5.37. The number of azide groups is 1. The number of thioether (sulfide) groups is 1. The smallest absolute Gasteiger partial charge is 0.338 e. The van der Waals surface area contributed by atoms with Gasteiger partial charge in [-0.25, -0.2) is 4.79 Å². The van der Waals surface area contributed by atoms with Gasteiger partial charge in [0.1, 0.15) is 11.5 Å². The lowest BCUT2D eigenvalue weighted by Crippen LogP contribution is -2.32. The van der Waals surface area contributed by atoms with Crippen molar-refractivity contribution in [1.82, 2.24) is 0 Å². The van der Waals surface area contributed by atoms with E-state index in [4.69, 9.17) is 15.0 Å². The second-order valence-electron chi connectivity index (χ2n) is 6.94. The molecule has 0 N–H and O–H groups in total. The van der Waals surface area contributed by atoms with Crippen molar-refractivity contribution in [2.75, 3.05) is 0 Å². The molecular weight excluding hydrogens is 374 g/mol. The molecule has 1 saturated heterocycles. The Hall–Kier alpha value is -2.47. The molecule has 2 unspecified atom stereocenters. The van der Waals surface area contributed by atoms with E-state index in [9.17, 15) is 4.79 Å². The van der Waals surface area contributed by atoms with Crippen molar-refractivity contribution in [3.63, 3.8) is 0 Å². The number of hydrogen-bond acceptors (Lipinski definition) is 5. The molecule has 0 bridgehead atoms. The van der Waals surface area contributed by atoms with Crippen molar-refractivity contribution < 1.29 is 14.3 Å².